The third-order valence-corrected chi connectivity index (χ3v) is 5.02. The average Bonchev–Trinajstić information content (AvgIpc) is 2.72. The Hall–Kier alpha value is -1.93. The minimum atomic E-state index is 1.01. The van der Waals surface area contributed by atoms with Gasteiger partial charge >= 0.3 is 0 Å². The lowest BCUT2D eigenvalue weighted by Crippen LogP contribution is -1.82. The topological polar surface area (TPSA) is 12.9 Å². The van der Waals surface area contributed by atoms with Gasteiger partial charge in [0.05, 0.1) is 11.2 Å². The molecule has 0 aliphatic heterocycles. The predicted octanol–water partition coefficient (Wildman–Crippen LogP) is 5.39. The van der Waals surface area contributed by atoms with Gasteiger partial charge in [-0.05, 0) is 56.2 Å². The number of aryl methyl sites for hydroxylation is 1. The summed E-state index contributed by atoms with van der Waals surface area (Å²) in [6, 6.07) is 12.4. The van der Waals surface area contributed by atoms with Gasteiger partial charge in [0.2, 0.25) is 0 Å². The molecule has 0 bridgehead atoms. The third kappa shape index (κ3) is 2.39. The Balaban J connectivity index is 1.95. The van der Waals surface area contributed by atoms with Crippen LogP contribution in [0.3, 0.4) is 0 Å². The lowest BCUT2D eigenvalue weighted by molar-refractivity contribution is 1.34. The Morgan fingerprint density at radius 3 is 2.45 bits per heavy atom. The van der Waals surface area contributed by atoms with E-state index in [0.29, 0.717) is 0 Å². The second-order valence-corrected chi connectivity index (χ2v) is 6.29. The lowest BCUT2D eigenvalue weighted by atomic mass is 10.1. The van der Waals surface area contributed by atoms with E-state index in [-0.39, 0.29) is 0 Å². The minimum absolute atomic E-state index is 1.01. The zero-order valence-electron chi connectivity index (χ0n) is 12.0. The van der Waals surface area contributed by atoms with Crippen molar-refractivity contribution in [3.63, 3.8) is 0 Å². The van der Waals surface area contributed by atoms with Crippen molar-refractivity contribution in [1.29, 1.82) is 0 Å². The summed E-state index contributed by atoms with van der Waals surface area (Å²) in [4.78, 5) is 7.39. The van der Waals surface area contributed by atoms with Crippen molar-refractivity contribution in [2.75, 3.05) is 0 Å². The summed E-state index contributed by atoms with van der Waals surface area (Å²) < 4.78 is 0. The molecule has 2 heterocycles. The summed E-state index contributed by atoms with van der Waals surface area (Å²) in [7, 11) is 0. The number of aromatic nitrogens is 1. The summed E-state index contributed by atoms with van der Waals surface area (Å²) in [5.41, 5.74) is 4.84. The van der Waals surface area contributed by atoms with Crippen LogP contribution in [0.4, 0.5) is 0 Å². The second kappa shape index (κ2) is 5.22. The van der Waals surface area contributed by atoms with Gasteiger partial charge in [0.15, 0.2) is 0 Å². The van der Waals surface area contributed by atoms with E-state index in [9.17, 15) is 0 Å². The molecule has 0 radical (unpaired) electrons. The molecule has 2 aromatic heterocycles. The van der Waals surface area contributed by atoms with Crippen molar-refractivity contribution in [2.45, 2.75) is 20.8 Å². The highest BCUT2D eigenvalue weighted by Gasteiger charge is 2.05. The van der Waals surface area contributed by atoms with E-state index in [2.05, 4.69) is 62.2 Å². The minimum Gasteiger partial charge on any atom is -0.248 e. The van der Waals surface area contributed by atoms with E-state index >= 15 is 0 Å². The van der Waals surface area contributed by atoms with Crippen molar-refractivity contribution < 1.29 is 0 Å². The molecule has 0 saturated heterocycles. The van der Waals surface area contributed by atoms with Gasteiger partial charge in [0, 0.05) is 15.1 Å². The van der Waals surface area contributed by atoms with E-state index in [1.54, 1.807) is 0 Å². The van der Waals surface area contributed by atoms with Crippen molar-refractivity contribution in [3.05, 3.63) is 63.0 Å². The van der Waals surface area contributed by atoms with Crippen LogP contribution in [0.1, 0.15) is 26.6 Å². The first-order valence-electron chi connectivity index (χ1n) is 6.75. The summed E-state index contributed by atoms with van der Waals surface area (Å²) in [6.45, 7) is 6.55. The zero-order valence-corrected chi connectivity index (χ0v) is 12.8. The van der Waals surface area contributed by atoms with Gasteiger partial charge in [-0.1, -0.05) is 24.3 Å². The summed E-state index contributed by atoms with van der Waals surface area (Å²) in [5.74, 6) is 0. The Morgan fingerprint density at radius 2 is 1.70 bits per heavy atom. The molecule has 1 nitrogen and oxygen atoms in total. The SMILES string of the molecule is Cc1sc(/C=C/c2ccc3ccccc3n2)c(C)c1C. The van der Waals surface area contributed by atoms with Crippen LogP contribution in [-0.2, 0) is 0 Å². The van der Waals surface area contributed by atoms with Crippen LogP contribution in [0.2, 0.25) is 0 Å². The summed E-state index contributed by atoms with van der Waals surface area (Å²) in [6.07, 6.45) is 4.28. The number of fused-ring (bicyclic) bond motifs is 1. The zero-order chi connectivity index (χ0) is 14.1. The van der Waals surface area contributed by atoms with Crippen LogP contribution >= 0.6 is 11.3 Å². The van der Waals surface area contributed by atoms with E-state index in [1.807, 2.05) is 23.5 Å². The van der Waals surface area contributed by atoms with Crippen molar-refractivity contribution >= 4 is 34.4 Å². The largest absolute Gasteiger partial charge is 0.248 e. The fraction of sp³-hybridized carbons (Fsp3) is 0.167. The maximum absolute atomic E-state index is 4.67. The van der Waals surface area contributed by atoms with Crippen LogP contribution in [0, 0.1) is 20.8 Å². The molecule has 0 aliphatic rings. The van der Waals surface area contributed by atoms with Crippen LogP contribution in [0.15, 0.2) is 36.4 Å². The fourth-order valence-electron chi connectivity index (χ4n) is 2.26. The highest BCUT2D eigenvalue weighted by atomic mass is 32.1. The first kappa shape index (κ1) is 13.1. The lowest BCUT2D eigenvalue weighted by Gasteiger charge is -1.98. The van der Waals surface area contributed by atoms with Crippen LogP contribution < -0.4 is 0 Å². The Bertz CT molecular complexity index is 796. The molecule has 3 rings (SSSR count). The second-order valence-electron chi connectivity index (χ2n) is 5.03. The molecule has 0 amide bonds. The number of hydrogen-bond donors (Lipinski definition) is 0. The molecule has 0 saturated carbocycles. The maximum Gasteiger partial charge on any atom is 0.0709 e. The molecule has 3 aromatic rings. The average molecular weight is 279 g/mol. The van der Waals surface area contributed by atoms with E-state index in [0.717, 1.165) is 11.2 Å². The molecule has 100 valence electrons. The van der Waals surface area contributed by atoms with Crippen molar-refractivity contribution in [2.24, 2.45) is 0 Å². The molecule has 0 unspecified atom stereocenters. The maximum atomic E-state index is 4.67. The molecular formula is C18H17NS. The molecule has 1 aromatic carbocycles. The molecular weight excluding hydrogens is 262 g/mol. The molecule has 0 atom stereocenters. The Labute approximate surface area is 123 Å². The van der Waals surface area contributed by atoms with E-state index in [4.69, 9.17) is 0 Å². The van der Waals surface area contributed by atoms with Gasteiger partial charge in [-0.15, -0.1) is 11.3 Å². The molecule has 2 heteroatoms. The normalized spacial score (nSPS) is 11.6. The number of benzene rings is 1. The van der Waals surface area contributed by atoms with Gasteiger partial charge in [-0.25, -0.2) is 4.98 Å². The quantitative estimate of drug-likeness (QED) is 0.612. The molecule has 0 aliphatic carbocycles. The molecule has 0 spiro atoms. The van der Waals surface area contributed by atoms with Gasteiger partial charge in [0.1, 0.15) is 0 Å². The smallest absolute Gasteiger partial charge is 0.0709 e. The fourth-order valence-corrected chi connectivity index (χ4v) is 3.34. The van der Waals surface area contributed by atoms with Gasteiger partial charge in [-0.3, -0.25) is 0 Å². The number of pyridine rings is 1. The number of hydrogen-bond acceptors (Lipinski definition) is 2. The van der Waals surface area contributed by atoms with E-state index in [1.165, 1.54) is 26.3 Å². The van der Waals surface area contributed by atoms with Gasteiger partial charge in [-0.2, -0.15) is 0 Å². The van der Waals surface area contributed by atoms with Gasteiger partial charge in [0.25, 0.3) is 0 Å². The summed E-state index contributed by atoms with van der Waals surface area (Å²) in [5, 5.41) is 1.18. The Kier molecular flexibility index (Phi) is 3.41. The molecule has 0 fully saturated rings. The number of rotatable bonds is 2. The molecule has 0 N–H and O–H groups in total. The summed E-state index contributed by atoms with van der Waals surface area (Å²) >= 11 is 1.85. The third-order valence-electron chi connectivity index (χ3n) is 3.75. The monoisotopic (exact) mass is 279 g/mol. The van der Waals surface area contributed by atoms with Gasteiger partial charge < -0.3 is 0 Å². The Morgan fingerprint density at radius 1 is 0.900 bits per heavy atom. The van der Waals surface area contributed by atoms with Crippen LogP contribution in [0.25, 0.3) is 23.1 Å². The predicted molar refractivity (Wildman–Crippen MR) is 89.2 cm³/mol. The highest BCUT2D eigenvalue weighted by Crippen LogP contribution is 2.28. The number of para-hydroxylation sites is 1. The number of thiophene rings is 1. The highest BCUT2D eigenvalue weighted by molar-refractivity contribution is 7.13. The van der Waals surface area contributed by atoms with Crippen LogP contribution in [-0.4, -0.2) is 4.98 Å². The van der Waals surface area contributed by atoms with Crippen molar-refractivity contribution in [3.8, 4) is 0 Å². The first-order valence-corrected chi connectivity index (χ1v) is 7.57. The van der Waals surface area contributed by atoms with Crippen LogP contribution in [0.5, 0.6) is 0 Å². The standard InChI is InChI=1S/C18H17NS/c1-12-13(2)18(20-14(12)3)11-10-16-9-8-15-6-4-5-7-17(15)19-16/h4-11H,1-3H3/b11-10+. The molecule has 20 heavy (non-hydrogen) atoms. The van der Waals surface area contributed by atoms with E-state index < -0.39 is 0 Å². The number of nitrogens with zero attached hydrogens (tertiary/aromatic N) is 1. The first-order chi connectivity index (χ1) is 9.65. The van der Waals surface area contributed by atoms with Crippen molar-refractivity contribution in [1.82, 2.24) is 4.98 Å².